The van der Waals surface area contributed by atoms with Gasteiger partial charge in [-0.3, -0.25) is 16.8 Å². The first-order valence-electron chi connectivity index (χ1n) is 1.33. The third-order valence-corrected chi connectivity index (χ3v) is 0. The van der Waals surface area contributed by atoms with E-state index in [1.54, 1.807) is 0 Å². The zero-order valence-electron chi connectivity index (χ0n) is 7.66. The van der Waals surface area contributed by atoms with Crippen LogP contribution in [0, 0.1) is 0 Å². The molecular weight excluding hydrogens is 322 g/mol. The molecule has 12 nitrogen and oxygen atoms in total. The maximum Gasteiger partial charge on any atom is 3.00 e. The van der Waals surface area contributed by atoms with Gasteiger partial charge in [0, 0.05) is 20.8 Å². The molecule has 16 heavy (non-hydrogen) atoms. The number of rotatable bonds is 0. The Balaban J connectivity index is -0.00000000970. The second-order valence-electron chi connectivity index (χ2n) is 0.816. The summed E-state index contributed by atoms with van der Waals surface area (Å²) in [4.78, 5) is 0. The molecule has 0 aromatic heterocycles. The van der Waals surface area contributed by atoms with Gasteiger partial charge in [0.25, 0.3) is 0 Å². The predicted molar refractivity (Wildman–Crippen MR) is 41.2 cm³/mol. The van der Waals surface area contributed by atoms with Gasteiger partial charge < -0.3 is 40.1 Å². The normalized spacial score (nSPS) is 7.25. The van der Waals surface area contributed by atoms with Crippen molar-refractivity contribution in [3.8, 4) is 0 Å². The molecule has 0 unspecified atom stereocenters. The van der Waals surface area contributed by atoms with Crippen molar-refractivity contribution in [2.75, 3.05) is 0 Å². The third kappa shape index (κ3) is 1120. The van der Waals surface area contributed by atoms with E-state index in [2.05, 4.69) is 0 Å². The minimum absolute atomic E-state index is 0. The molecule has 0 spiro atoms. The molecule has 0 aliphatic heterocycles. The molecule has 96 valence electrons. The smallest absolute Gasteiger partial charge is 0.759 e. The van der Waals surface area contributed by atoms with Crippen LogP contribution in [-0.2, 0) is 20.8 Å². The zero-order valence-corrected chi connectivity index (χ0v) is 13.6. The largest absolute Gasteiger partial charge is 3.00 e. The molecule has 0 radical (unpaired) electrons. The average Bonchev–Trinajstić information content (AvgIpc) is 1.12. The van der Waals surface area contributed by atoms with Gasteiger partial charge in [0.05, 0.1) is 0 Å². The minimum Gasteiger partial charge on any atom is -0.759 e. The standard InChI is InChI=1S/Al.K.2H2O4S.4H2O/c;;2*1-5(2,3)4;;;;/h;;2*(H2,1,2,3,4);4*1H2/q+3;+1;;;;;;/p-4. The summed E-state index contributed by atoms with van der Waals surface area (Å²) in [5.74, 6) is 0. The van der Waals surface area contributed by atoms with Crippen LogP contribution in [0.2, 0.25) is 0 Å². The van der Waals surface area contributed by atoms with Crippen molar-refractivity contribution in [3.05, 3.63) is 0 Å². The first-order valence-corrected chi connectivity index (χ1v) is 4.00. The molecule has 0 aliphatic rings. The van der Waals surface area contributed by atoms with Crippen molar-refractivity contribution in [1.29, 1.82) is 0 Å². The average molecular weight is 330 g/mol. The Labute approximate surface area is 144 Å². The Morgan fingerprint density at radius 1 is 0.562 bits per heavy atom. The Hall–Kier alpha value is 1.75. The van der Waals surface area contributed by atoms with Crippen molar-refractivity contribution in [2.24, 2.45) is 0 Å². The summed E-state index contributed by atoms with van der Waals surface area (Å²) in [5.41, 5.74) is 0. The van der Waals surface area contributed by atoms with E-state index in [1.165, 1.54) is 0 Å². The fourth-order valence-electron chi connectivity index (χ4n) is 0. The van der Waals surface area contributed by atoms with E-state index < -0.39 is 20.8 Å². The Morgan fingerprint density at radius 3 is 0.562 bits per heavy atom. The summed E-state index contributed by atoms with van der Waals surface area (Å²) < 4.78 is 68.2. The maximum absolute atomic E-state index is 8.52. The SMILES string of the molecule is O.O.O.O.O=S(=O)([O-])[O-].O=S(=O)([O-])[O-].[Al+3].[K+]. The van der Waals surface area contributed by atoms with Crippen LogP contribution in [0.4, 0.5) is 0 Å². The molecule has 0 rings (SSSR count). The Bertz CT molecular complexity index is 215. The molecule has 16 heteroatoms. The maximum atomic E-state index is 8.52. The van der Waals surface area contributed by atoms with Crippen LogP contribution >= 0.6 is 0 Å². The monoisotopic (exact) mass is 330 g/mol. The summed E-state index contributed by atoms with van der Waals surface area (Å²) in [6.07, 6.45) is 0. The van der Waals surface area contributed by atoms with E-state index in [-0.39, 0.29) is 90.7 Å². The predicted octanol–water partition coefficient (Wildman–Crippen LogP) is -9.35. The van der Waals surface area contributed by atoms with E-state index in [0.717, 1.165) is 0 Å². The van der Waals surface area contributed by atoms with E-state index in [0.29, 0.717) is 0 Å². The quantitative estimate of drug-likeness (QED) is 0.232. The molecule has 0 heterocycles. The van der Waals surface area contributed by atoms with Crippen LogP contribution in [0.15, 0.2) is 0 Å². The van der Waals surface area contributed by atoms with Crippen LogP contribution in [0.25, 0.3) is 0 Å². The second kappa shape index (κ2) is 22.0. The van der Waals surface area contributed by atoms with Gasteiger partial charge >= 0.3 is 68.7 Å². The topological polar surface area (TPSA) is 287 Å². The molecule has 0 bridgehead atoms. The molecule has 0 fully saturated rings. The Morgan fingerprint density at radius 2 is 0.562 bits per heavy atom. The van der Waals surface area contributed by atoms with Gasteiger partial charge in [-0.25, -0.2) is 0 Å². The molecule has 0 aromatic rings. The minimum atomic E-state index is -5.17. The van der Waals surface area contributed by atoms with Crippen molar-refractivity contribution < 1.29 is 108 Å². The Kier molecular flexibility index (Phi) is 72.0. The molecule has 0 aromatic carbocycles. The van der Waals surface area contributed by atoms with Gasteiger partial charge in [-0.1, -0.05) is 0 Å². The van der Waals surface area contributed by atoms with Crippen LogP contribution in [0.5, 0.6) is 0 Å². The number of hydrogen-bond donors (Lipinski definition) is 0. The van der Waals surface area contributed by atoms with Crippen molar-refractivity contribution >= 4 is 38.2 Å². The van der Waals surface area contributed by atoms with Gasteiger partial charge in [0.2, 0.25) is 0 Å². The van der Waals surface area contributed by atoms with Gasteiger partial charge in [-0.05, 0) is 0 Å². The summed E-state index contributed by atoms with van der Waals surface area (Å²) in [6, 6.07) is 0. The molecule has 0 saturated heterocycles. The summed E-state index contributed by atoms with van der Waals surface area (Å²) in [6.45, 7) is 0. The van der Waals surface area contributed by atoms with Crippen LogP contribution in [0.1, 0.15) is 0 Å². The van der Waals surface area contributed by atoms with E-state index in [1.807, 2.05) is 0 Å². The summed E-state index contributed by atoms with van der Waals surface area (Å²) in [5, 5.41) is 0. The van der Waals surface area contributed by atoms with Gasteiger partial charge in [-0.2, -0.15) is 0 Å². The van der Waals surface area contributed by atoms with Gasteiger partial charge in [0.15, 0.2) is 0 Å². The summed E-state index contributed by atoms with van der Waals surface area (Å²) >= 11 is 0. The first kappa shape index (κ1) is 52.4. The number of hydrogen-bond acceptors (Lipinski definition) is 8. The van der Waals surface area contributed by atoms with Crippen molar-refractivity contribution in [2.45, 2.75) is 0 Å². The van der Waals surface area contributed by atoms with Crippen molar-refractivity contribution in [1.82, 2.24) is 0 Å². The molecule has 8 N–H and O–H groups in total. The van der Waals surface area contributed by atoms with Crippen LogP contribution in [-0.4, -0.2) is 74.3 Å². The third-order valence-electron chi connectivity index (χ3n) is 0. The molecule has 0 atom stereocenters. The molecule has 0 amide bonds. The zero-order chi connectivity index (χ0) is 9.00. The van der Waals surface area contributed by atoms with E-state index >= 15 is 0 Å². The second-order valence-corrected chi connectivity index (χ2v) is 2.45. The van der Waals surface area contributed by atoms with Crippen LogP contribution in [0.3, 0.4) is 0 Å². The fourth-order valence-corrected chi connectivity index (χ4v) is 0. The molecule has 0 saturated carbocycles. The molecule has 0 aliphatic carbocycles. The fraction of sp³-hybridized carbons (Fsp3) is 0. The van der Waals surface area contributed by atoms with Crippen LogP contribution < -0.4 is 51.4 Å². The van der Waals surface area contributed by atoms with E-state index in [9.17, 15) is 0 Å². The summed E-state index contributed by atoms with van der Waals surface area (Å²) in [7, 11) is -10.3. The van der Waals surface area contributed by atoms with Crippen molar-refractivity contribution in [3.63, 3.8) is 0 Å². The molecular formula is H8AlKO12S2. The van der Waals surface area contributed by atoms with Gasteiger partial charge in [0.1, 0.15) is 0 Å². The van der Waals surface area contributed by atoms with E-state index in [4.69, 9.17) is 35.0 Å². The van der Waals surface area contributed by atoms with Gasteiger partial charge in [-0.15, -0.1) is 0 Å². The first-order chi connectivity index (χ1) is 4.00.